The van der Waals surface area contributed by atoms with Crippen LogP contribution in [-0.2, 0) is 14.6 Å². The maximum Gasteiger partial charge on any atom is 0.247 e. The lowest BCUT2D eigenvalue weighted by Crippen LogP contribution is -2.37. The number of sulfone groups is 1. The minimum Gasteiger partial charge on any atom is -0.316 e. The molecule has 1 aromatic rings. The second-order valence-corrected chi connectivity index (χ2v) is 9.09. The van der Waals surface area contributed by atoms with Crippen LogP contribution in [0.3, 0.4) is 0 Å². The summed E-state index contributed by atoms with van der Waals surface area (Å²) in [6.45, 7) is 1.75. The Hall–Kier alpha value is -1.05. The lowest BCUT2D eigenvalue weighted by Gasteiger charge is -2.24. The van der Waals surface area contributed by atoms with Crippen LogP contribution in [0, 0.1) is 0 Å². The first-order chi connectivity index (χ1) is 10.4. The fraction of sp³-hybridized carbons (Fsp3) is 0.429. The molecular formula is C14H15ClN2O3S2. The van der Waals surface area contributed by atoms with Crippen molar-refractivity contribution in [2.75, 3.05) is 16.4 Å². The smallest absolute Gasteiger partial charge is 0.247 e. The van der Waals surface area contributed by atoms with Gasteiger partial charge in [-0.25, -0.2) is 8.42 Å². The summed E-state index contributed by atoms with van der Waals surface area (Å²) in [5, 5.41) is 1.11. The van der Waals surface area contributed by atoms with Crippen molar-refractivity contribution in [3.8, 4) is 0 Å². The summed E-state index contributed by atoms with van der Waals surface area (Å²) in [7, 11) is -3.04. The lowest BCUT2D eigenvalue weighted by molar-refractivity contribution is -0.117. The molecule has 2 saturated heterocycles. The second kappa shape index (κ2) is 5.86. The summed E-state index contributed by atoms with van der Waals surface area (Å²) in [4.78, 5) is 17.7. The number of carbonyl (C=O) groups is 1. The summed E-state index contributed by atoms with van der Waals surface area (Å²) in [6.07, 6.45) is 0.326. The first-order valence-corrected chi connectivity index (χ1v) is 10.0. The molecule has 2 unspecified atom stereocenters. The molecule has 8 heteroatoms. The molecule has 1 amide bonds. The molecule has 0 N–H and O–H groups in total. The number of thioether (sulfide) groups is 1. The highest BCUT2D eigenvalue weighted by molar-refractivity contribution is 8.16. The van der Waals surface area contributed by atoms with Crippen LogP contribution in [0.4, 0.5) is 5.69 Å². The molecule has 0 bridgehead atoms. The molecule has 2 fully saturated rings. The molecule has 5 nitrogen and oxygen atoms in total. The van der Waals surface area contributed by atoms with Crippen molar-refractivity contribution < 1.29 is 13.2 Å². The van der Waals surface area contributed by atoms with Crippen molar-refractivity contribution in [3.05, 3.63) is 29.3 Å². The monoisotopic (exact) mass is 358 g/mol. The van der Waals surface area contributed by atoms with Gasteiger partial charge in [0.2, 0.25) is 5.91 Å². The number of hydrogen-bond acceptors (Lipinski definition) is 4. The van der Waals surface area contributed by atoms with E-state index in [0.717, 1.165) is 5.69 Å². The number of nitrogens with zero attached hydrogens (tertiary/aromatic N) is 2. The van der Waals surface area contributed by atoms with Crippen LogP contribution in [0.5, 0.6) is 0 Å². The number of fused-ring (bicyclic) bond motifs is 1. The minimum absolute atomic E-state index is 0.0796. The number of halogens is 1. The van der Waals surface area contributed by atoms with Gasteiger partial charge in [-0.1, -0.05) is 30.3 Å². The van der Waals surface area contributed by atoms with E-state index in [4.69, 9.17) is 11.6 Å². The topological polar surface area (TPSA) is 66.8 Å². The van der Waals surface area contributed by atoms with Crippen LogP contribution in [0.25, 0.3) is 0 Å². The van der Waals surface area contributed by atoms with Gasteiger partial charge in [0.05, 0.1) is 17.5 Å². The van der Waals surface area contributed by atoms with Gasteiger partial charge < -0.3 is 4.90 Å². The Bertz CT molecular complexity index is 731. The molecular weight excluding hydrogens is 344 g/mol. The third kappa shape index (κ3) is 3.02. The van der Waals surface area contributed by atoms with Gasteiger partial charge in [-0.15, -0.1) is 0 Å². The van der Waals surface area contributed by atoms with E-state index in [-0.39, 0.29) is 28.7 Å². The van der Waals surface area contributed by atoms with Crippen LogP contribution in [0.1, 0.15) is 13.3 Å². The molecule has 1 aromatic carbocycles. The van der Waals surface area contributed by atoms with Gasteiger partial charge in [-0.05, 0) is 24.3 Å². The van der Waals surface area contributed by atoms with E-state index in [1.807, 2.05) is 17.0 Å². The molecule has 0 aromatic heterocycles. The van der Waals surface area contributed by atoms with Gasteiger partial charge in [-0.2, -0.15) is 4.99 Å². The van der Waals surface area contributed by atoms with Gasteiger partial charge in [0.25, 0.3) is 0 Å². The molecule has 0 spiro atoms. The van der Waals surface area contributed by atoms with Crippen molar-refractivity contribution in [1.82, 2.24) is 0 Å². The molecule has 2 aliphatic rings. The van der Waals surface area contributed by atoms with E-state index >= 15 is 0 Å². The number of amides is 1. The SMILES string of the molecule is CCC(=O)N=C1SC2CS(=O)(=O)CC2N1c1ccc(Cl)cc1. The number of carbonyl (C=O) groups excluding carboxylic acids is 1. The molecule has 2 aliphatic heterocycles. The fourth-order valence-corrected chi connectivity index (χ4v) is 6.71. The molecule has 3 rings (SSSR count). The Morgan fingerprint density at radius 3 is 2.68 bits per heavy atom. The molecule has 118 valence electrons. The molecule has 22 heavy (non-hydrogen) atoms. The molecule has 0 aliphatic carbocycles. The first-order valence-electron chi connectivity index (χ1n) is 6.93. The number of hydrogen-bond donors (Lipinski definition) is 0. The van der Waals surface area contributed by atoms with E-state index < -0.39 is 9.84 Å². The Morgan fingerprint density at radius 2 is 2.05 bits per heavy atom. The average Bonchev–Trinajstić information content (AvgIpc) is 2.91. The summed E-state index contributed by atoms with van der Waals surface area (Å²) >= 11 is 7.29. The lowest BCUT2D eigenvalue weighted by atomic mass is 10.2. The van der Waals surface area contributed by atoms with Crippen molar-refractivity contribution in [3.63, 3.8) is 0 Å². The molecule has 0 saturated carbocycles. The standard InChI is InChI=1S/C14H15ClN2O3S2/c1-2-13(18)16-14-17(10-5-3-9(15)4-6-10)11-7-22(19,20)8-12(11)21-14/h3-6,11-12H,2,7-8H2,1H3. The van der Waals surface area contributed by atoms with Crippen LogP contribution >= 0.6 is 23.4 Å². The number of benzene rings is 1. The number of rotatable bonds is 2. The number of amidine groups is 1. The second-order valence-electron chi connectivity index (χ2n) is 5.29. The van der Waals surface area contributed by atoms with Crippen molar-refractivity contribution in [1.29, 1.82) is 0 Å². The van der Waals surface area contributed by atoms with E-state index in [9.17, 15) is 13.2 Å². The van der Waals surface area contributed by atoms with Crippen molar-refractivity contribution in [2.45, 2.75) is 24.6 Å². The highest BCUT2D eigenvalue weighted by Gasteiger charge is 2.49. The summed E-state index contributed by atoms with van der Waals surface area (Å²) in [5.74, 6) is 0.0163. The minimum atomic E-state index is -3.04. The largest absolute Gasteiger partial charge is 0.316 e. The highest BCUT2D eigenvalue weighted by atomic mass is 35.5. The normalized spacial score (nSPS) is 28.1. The molecule has 2 heterocycles. The predicted octanol–water partition coefficient (Wildman–Crippen LogP) is 2.35. The third-order valence-corrected chi connectivity index (χ3v) is 7.16. The zero-order valence-corrected chi connectivity index (χ0v) is 14.3. The van der Waals surface area contributed by atoms with Gasteiger partial charge in [0.1, 0.15) is 0 Å². The van der Waals surface area contributed by atoms with Crippen LogP contribution in [-0.4, -0.2) is 42.3 Å². The Balaban J connectivity index is 2.01. The Kier molecular flexibility index (Phi) is 4.22. The van der Waals surface area contributed by atoms with Gasteiger partial charge in [0, 0.05) is 22.4 Å². The maximum absolute atomic E-state index is 11.9. The Morgan fingerprint density at radius 1 is 1.36 bits per heavy atom. The molecule has 0 radical (unpaired) electrons. The summed E-state index contributed by atoms with van der Waals surface area (Å²) in [6, 6.07) is 6.96. The zero-order chi connectivity index (χ0) is 15.9. The van der Waals surface area contributed by atoms with Crippen molar-refractivity contribution >= 4 is 50.0 Å². The number of aliphatic imine (C=N–C) groups is 1. The Labute approximate surface area is 138 Å². The van der Waals surface area contributed by atoms with E-state index in [2.05, 4.69) is 4.99 Å². The number of anilines is 1. The van der Waals surface area contributed by atoms with Gasteiger partial charge in [-0.3, -0.25) is 4.79 Å². The average molecular weight is 359 g/mol. The van der Waals surface area contributed by atoms with Crippen molar-refractivity contribution in [2.24, 2.45) is 4.99 Å². The van der Waals surface area contributed by atoms with E-state index in [1.165, 1.54) is 11.8 Å². The van der Waals surface area contributed by atoms with Crippen LogP contribution in [0.2, 0.25) is 5.02 Å². The summed E-state index contributed by atoms with van der Waals surface area (Å²) < 4.78 is 23.8. The predicted molar refractivity (Wildman–Crippen MR) is 90.5 cm³/mol. The summed E-state index contributed by atoms with van der Waals surface area (Å²) in [5.41, 5.74) is 0.809. The third-order valence-electron chi connectivity index (χ3n) is 3.69. The van der Waals surface area contributed by atoms with E-state index in [0.29, 0.717) is 16.6 Å². The van der Waals surface area contributed by atoms with Crippen LogP contribution < -0.4 is 4.90 Å². The fourth-order valence-electron chi connectivity index (χ4n) is 2.65. The molecule has 2 atom stereocenters. The zero-order valence-electron chi connectivity index (χ0n) is 11.9. The quantitative estimate of drug-likeness (QED) is 0.811. The van der Waals surface area contributed by atoms with Crippen LogP contribution in [0.15, 0.2) is 29.3 Å². The highest BCUT2D eigenvalue weighted by Crippen LogP contribution is 2.41. The van der Waals surface area contributed by atoms with E-state index in [1.54, 1.807) is 19.1 Å². The van der Waals surface area contributed by atoms with Gasteiger partial charge >= 0.3 is 0 Å². The maximum atomic E-state index is 11.9. The van der Waals surface area contributed by atoms with Gasteiger partial charge in [0.15, 0.2) is 15.0 Å². The first kappa shape index (κ1) is 15.8.